The van der Waals surface area contributed by atoms with Crippen LogP contribution < -0.4 is 9.64 Å². The number of methoxy groups -OCH3 is 1. The average Bonchev–Trinajstić information content (AvgIpc) is 3.82. The first kappa shape index (κ1) is 47.9. The maximum absolute atomic E-state index is 8.94. The third kappa shape index (κ3) is 10.8. The Morgan fingerprint density at radius 2 is 1.10 bits per heavy atom. The molecule has 1 unspecified atom stereocenters. The van der Waals surface area contributed by atoms with Crippen molar-refractivity contribution in [3.8, 4) is 16.9 Å². The first-order valence-corrected chi connectivity index (χ1v) is 23.5. The Balaban J connectivity index is 1.15. The number of hydrogen-bond donors (Lipinski definition) is 2. The molecule has 0 saturated carbocycles. The highest BCUT2D eigenvalue weighted by Crippen LogP contribution is 2.57. The minimum absolute atomic E-state index is 0.00842. The number of nitrogens with one attached hydrogen (secondary N) is 1. The van der Waals surface area contributed by atoms with Crippen molar-refractivity contribution in [3.05, 3.63) is 165 Å². The van der Waals surface area contributed by atoms with Gasteiger partial charge in [-0.25, -0.2) is 0 Å². The number of H-pyrrole nitrogens is 1. The lowest BCUT2D eigenvalue weighted by Gasteiger charge is -2.36. The SMILES string of the molecule is COCCOCCOCCOc1ccc(C2(c3ccc(COCCOCCOCCO)c(C)c3)c3cc(C)ccc3-c3ccc(Cc4ccc5c(c4)[nH]c4cc(C)ccc45)cc32)cc1N(C)C. The molecule has 352 valence electrons. The largest absolute Gasteiger partial charge is 0.489 e. The smallest absolute Gasteiger partial charge is 0.142 e. The summed E-state index contributed by atoms with van der Waals surface area (Å²) >= 11 is 0. The number of benzene rings is 6. The van der Waals surface area contributed by atoms with Gasteiger partial charge in [-0.2, -0.15) is 0 Å². The summed E-state index contributed by atoms with van der Waals surface area (Å²) in [6.45, 7) is 12.1. The van der Waals surface area contributed by atoms with Crippen LogP contribution in [0.15, 0.2) is 109 Å². The van der Waals surface area contributed by atoms with Crippen LogP contribution in [0.25, 0.3) is 32.9 Å². The minimum Gasteiger partial charge on any atom is -0.489 e. The van der Waals surface area contributed by atoms with Crippen LogP contribution in [-0.2, 0) is 46.9 Å². The molecule has 0 radical (unpaired) electrons. The van der Waals surface area contributed by atoms with E-state index in [1.807, 2.05) is 0 Å². The Labute approximate surface area is 395 Å². The lowest BCUT2D eigenvalue weighted by Crippen LogP contribution is -2.29. The molecule has 1 heterocycles. The molecule has 2 N–H and O–H groups in total. The third-order valence-electron chi connectivity index (χ3n) is 12.8. The molecule has 0 fully saturated rings. The predicted molar refractivity (Wildman–Crippen MR) is 268 cm³/mol. The molecular weight excluding hydrogens is 841 g/mol. The number of aromatic nitrogens is 1. The normalized spacial score (nSPS) is 14.3. The monoisotopic (exact) mass is 906 g/mol. The van der Waals surface area contributed by atoms with E-state index in [-0.39, 0.29) is 6.61 Å². The van der Waals surface area contributed by atoms with Crippen molar-refractivity contribution in [2.75, 3.05) is 105 Å². The molecular formula is C57H66N2O8. The molecule has 0 saturated heterocycles. The summed E-state index contributed by atoms with van der Waals surface area (Å²) < 4.78 is 40.0. The first-order chi connectivity index (χ1) is 32.7. The van der Waals surface area contributed by atoms with E-state index in [2.05, 4.69) is 154 Å². The van der Waals surface area contributed by atoms with E-state index in [0.717, 1.165) is 40.1 Å². The fraction of sp³-hybridized carbons (Fsp3) is 0.368. The fourth-order valence-electron chi connectivity index (χ4n) is 9.47. The number of fused-ring (bicyclic) bond motifs is 6. The zero-order valence-electron chi connectivity index (χ0n) is 40.0. The Kier molecular flexibility index (Phi) is 16.1. The third-order valence-corrected chi connectivity index (χ3v) is 12.8. The summed E-state index contributed by atoms with van der Waals surface area (Å²) in [6.07, 6.45) is 0.787. The quantitative estimate of drug-likeness (QED) is 0.0543. The number of ether oxygens (including phenoxy) is 7. The Hall–Kier alpha value is -5.56. The van der Waals surface area contributed by atoms with E-state index >= 15 is 0 Å². The van der Waals surface area contributed by atoms with Gasteiger partial charge in [0.2, 0.25) is 0 Å². The molecule has 0 aliphatic heterocycles. The molecule has 1 aliphatic rings. The minimum atomic E-state index is -0.656. The molecule has 7 aromatic rings. The second kappa shape index (κ2) is 22.5. The van der Waals surface area contributed by atoms with Gasteiger partial charge in [-0.15, -0.1) is 0 Å². The Bertz CT molecular complexity index is 2760. The van der Waals surface area contributed by atoms with E-state index in [1.54, 1.807) is 7.11 Å². The van der Waals surface area contributed by atoms with Gasteiger partial charge in [0, 0.05) is 43.0 Å². The molecule has 6 aromatic carbocycles. The maximum Gasteiger partial charge on any atom is 0.142 e. The van der Waals surface area contributed by atoms with Gasteiger partial charge in [-0.1, -0.05) is 90.5 Å². The summed E-state index contributed by atoms with van der Waals surface area (Å²) in [5.41, 5.74) is 17.3. The number of aromatic amines is 1. The Morgan fingerprint density at radius 1 is 0.537 bits per heavy atom. The van der Waals surface area contributed by atoms with E-state index in [9.17, 15) is 0 Å². The average molecular weight is 907 g/mol. The summed E-state index contributed by atoms with van der Waals surface area (Å²) in [5.74, 6) is 0.799. The summed E-state index contributed by atoms with van der Waals surface area (Å²) in [7, 11) is 5.82. The van der Waals surface area contributed by atoms with Gasteiger partial charge in [-0.3, -0.25) is 0 Å². The zero-order valence-corrected chi connectivity index (χ0v) is 40.0. The van der Waals surface area contributed by atoms with Crippen molar-refractivity contribution >= 4 is 27.5 Å². The van der Waals surface area contributed by atoms with Gasteiger partial charge >= 0.3 is 0 Å². The van der Waals surface area contributed by atoms with Crippen molar-refractivity contribution in [3.63, 3.8) is 0 Å². The highest BCUT2D eigenvalue weighted by molar-refractivity contribution is 6.07. The van der Waals surface area contributed by atoms with E-state index in [0.29, 0.717) is 79.3 Å². The second-order valence-corrected chi connectivity index (χ2v) is 17.7. The van der Waals surface area contributed by atoms with Crippen molar-refractivity contribution in [1.82, 2.24) is 4.98 Å². The van der Waals surface area contributed by atoms with Gasteiger partial charge in [-0.05, 0) is 113 Å². The van der Waals surface area contributed by atoms with Gasteiger partial charge in [0.15, 0.2) is 0 Å². The van der Waals surface area contributed by atoms with Crippen molar-refractivity contribution in [2.24, 2.45) is 0 Å². The highest BCUT2D eigenvalue weighted by atomic mass is 16.6. The van der Waals surface area contributed by atoms with Crippen molar-refractivity contribution in [2.45, 2.75) is 39.2 Å². The molecule has 1 atom stereocenters. The highest BCUT2D eigenvalue weighted by Gasteiger charge is 2.47. The van der Waals surface area contributed by atoms with Crippen LogP contribution >= 0.6 is 0 Å². The Morgan fingerprint density at radius 3 is 1.82 bits per heavy atom. The number of aryl methyl sites for hydroxylation is 3. The zero-order chi connectivity index (χ0) is 46.8. The van der Waals surface area contributed by atoms with Crippen LogP contribution in [0.4, 0.5) is 5.69 Å². The molecule has 67 heavy (non-hydrogen) atoms. The number of hydrogen-bond acceptors (Lipinski definition) is 9. The van der Waals surface area contributed by atoms with Crippen LogP contribution in [0.1, 0.15) is 55.6 Å². The summed E-state index contributed by atoms with van der Waals surface area (Å²) in [5, 5.41) is 11.4. The van der Waals surface area contributed by atoms with Crippen LogP contribution in [0.5, 0.6) is 5.75 Å². The molecule has 1 aliphatic carbocycles. The maximum atomic E-state index is 8.94. The number of rotatable bonds is 25. The lowest BCUT2D eigenvalue weighted by atomic mass is 9.66. The molecule has 0 bridgehead atoms. The molecule has 0 amide bonds. The number of aliphatic hydroxyl groups excluding tert-OH is 1. The number of nitrogens with zero attached hydrogens (tertiary/aromatic N) is 1. The predicted octanol–water partition coefficient (Wildman–Crippen LogP) is 9.87. The standard InChI is InChI=1S/C57H66N2O8/c1-39-7-14-47-48-16-9-42(34-43-10-17-50-49-15-8-40(2)32-53(49)58-54(50)36-43)35-52(48)57(51(47)31-39,45-12-11-44(41(3)33-45)38-66-28-27-64-24-23-62-20-19-60)46-13-18-56(55(37-46)59(4)5)67-30-29-65-26-25-63-22-21-61-6/h7-18,31-33,35-37,58,60H,19-30,34,38H2,1-6H3. The number of aliphatic hydroxyl groups is 1. The van der Waals surface area contributed by atoms with Gasteiger partial charge in [0.05, 0.1) is 90.4 Å². The molecule has 1 aromatic heterocycles. The van der Waals surface area contributed by atoms with Gasteiger partial charge in [0.1, 0.15) is 12.4 Å². The van der Waals surface area contributed by atoms with E-state index < -0.39 is 5.41 Å². The molecule has 10 nitrogen and oxygen atoms in total. The van der Waals surface area contributed by atoms with Crippen LogP contribution in [0, 0.1) is 20.8 Å². The lowest BCUT2D eigenvalue weighted by molar-refractivity contribution is 0.00444. The van der Waals surface area contributed by atoms with Gasteiger partial charge < -0.3 is 48.1 Å². The fourth-order valence-corrected chi connectivity index (χ4v) is 9.47. The van der Waals surface area contributed by atoms with E-state index in [4.69, 9.17) is 38.3 Å². The van der Waals surface area contributed by atoms with Crippen LogP contribution in [0.2, 0.25) is 0 Å². The topological polar surface area (TPSA) is 104 Å². The summed E-state index contributed by atoms with van der Waals surface area (Å²) in [4.78, 5) is 5.83. The summed E-state index contributed by atoms with van der Waals surface area (Å²) in [6, 6.07) is 41.1. The van der Waals surface area contributed by atoms with Crippen molar-refractivity contribution < 1.29 is 38.3 Å². The van der Waals surface area contributed by atoms with Crippen LogP contribution in [-0.4, -0.2) is 111 Å². The van der Waals surface area contributed by atoms with Crippen molar-refractivity contribution in [1.29, 1.82) is 0 Å². The molecule has 0 spiro atoms. The molecule has 10 heteroatoms. The first-order valence-electron chi connectivity index (χ1n) is 23.5. The van der Waals surface area contributed by atoms with Gasteiger partial charge in [0.25, 0.3) is 0 Å². The van der Waals surface area contributed by atoms with E-state index in [1.165, 1.54) is 66.4 Å². The molecule has 8 rings (SSSR count). The number of anilines is 1. The van der Waals surface area contributed by atoms with Crippen LogP contribution in [0.3, 0.4) is 0 Å². The second-order valence-electron chi connectivity index (χ2n) is 17.7.